The van der Waals surface area contributed by atoms with E-state index in [2.05, 4.69) is 4.74 Å². The number of carboxylic acids is 1. The van der Waals surface area contributed by atoms with Gasteiger partial charge in [-0.1, -0.05) is 0 Å². The van der Waals surface area contributed by atoms with Crippen molar-refractivity contribution in [1.82, 2.24) is 0 Å². The molecule has 0 amide bonds. The molecular formula is C10H15F3O5. The van der Waals surface area contributed by atoms with Crippen LogP contribution in [-0.2, 0) is 19.1 Å². The molecule has 0 saturated carbocycles. The van der Waals surface area contributed by atoms with Crippen LogP contribution in [0.2, 0.25) is 0 Å². The maximum absolute atomic E-state index is 12.5. The molecule has 0 spiro atoms. The highest BCUT2D eigenvalue weighted by atomic mass is 19.4. The first-order valence-electron chi connectivity index (χ1n) is 4.95. The van der Waals surface area contributed by atoms with Gasteiger partial charge < -0.3 is 14.6 Å². The summed E-state index contributed by atoms with van der Waals surface area (Å²) < 4.78 is 46.3. The summed E-state index contributed by atoms with van der Waals surface area (Å²) in [7, 11) is 0. The van der Waals surface area contributed by atoms with Crippen LogP contribution in [-0.4, -0.2) is 41.0 Å². The molecule has 0 heterocycles. The molecule has 0 radical (unpaired) electrons. The summed E-state index contributed by atoms with van der Waals surface area (Å²) in [5, 5.41) is 8.52. The molecule has 0 aromatic carbocycles. The number of carbonyl (C=O) groups excluding carboxylic acids is 1. The average molecular weight is 272 g/mol. The molecule has 1 atom stereocenters. The van der Waals surface area contributed by atoms with Gasteiger partial charge in [-0.25, -0.2) is 9.59 Å². The van der Waals surface area contributed by atoms with Gasteiger partial charge in [-0.15, -0.1) is 0 Å². The number of esters is 1. The third kappa shape index (κ3) is 4.52. The van der Waals surface area contributed by atoms with Crippen LogP contribution in [0.25, 0.3) is 0 Å². The number of alkyl halides is 3. The van der Waals surface area contributed by atoms with Crippen LogP contribution >= 0.6 is 0 Å². The number of rotatable bonds is 4. The second kappa shape index (κ2) is 5.13. The molecule has 0 rings (SSSR count). The van der Waals surface area contributed by atoms with Crippen LogP contribution in [0.15, 0.2) is 0 Å². The maximum atomic E-state index is 12.5. The summed E-state index contributed by atoms with van der Waals surface area (Å²) >= 11 is 0. The largest absolute Gasteiger partial charge is 0.479 e. The zero-order valence-electron chi connectivity index (χ0n) is 10.4. The number of ether oxygens (including phenoxy) is 2. The monoisotopic (exact) mass is 272 g/mol. The van der Waals surface area contributed by atoms with E-state index in [9.17, 15) is 22.8 Å². The molecule has 0 aromatic heterocycles. The number of halogens is 3. The van der Waals surface area contributed by atoms with Gasteiger partial charge in [-0.2, -0.15) is 13.2 Å². The van der Waals surface area contributed by atoms with Crippen LogP contribution < -0.4 is 0 Å². The third-order valence-corrected chi connectivity index (χ3v) is 1.85. The van der Waals surface area contributed by atoms with Crippen LogP contribution in [0.4, 0.5) is 13.2 Å². The standard InChI is InChI=1S/C10H15F3O5/c1-8(2,3)18-6(14)5-17-9(4,7(15)16)10(11,12)13/h5H2,1-4H3,(H,15,16). The quantitative estimate of drug-likeness (QED) is 0.789. The molecule has 0 aliphatic heterocycles. The zero-order valence-corrected chi connectivity index (χ0v) is 10.4. The Balaban J connectivity index is 4.67. The van der Waals surface area contributed by atoms with E-state index < -0.39 is 35.9 Å². The molecule has 0 aromatic rings. The summed E-state index contributed by atoms with van der Waals surface area (Å²) in [4.78, 5) is 21.7. The van der Waals surface area contributed by atoms with Crippen molar-refractivity contribution in [2.45, 2.75) is 45.1 Å². The van der Waals surface area contributed by atoms with Gasteiger partial charge in [0.05, 0.1) is 0 Å². The number of hydrogen-bond acceptors (Lipinski definition) is 4. The fourth-order valence-electron chi connectivity index (χ4n) is 0.839. The zero-order chi connectivity index (χ0) is 14.8. The Morgan fingerprint density at radius 3 is 1.83 bits per heavy atom. The Kier molecular flexibility index (Phi) is 4.76. The topological polar surface area (TPSA) is 72.8 Å². The highest BCUT2D eigenvalue weighted by Crippen LogP contribution is 2.33. The van der Waals surface area contributed by atoms with E-state index in [4.69, 9.17) is 9.84 Å². The van der Waals surface area contributed by atoms with Crippen molar-refractivity contribution in [3.05, 3.63) is 0 Å². The summed E-state index contributed by atoms with van der Waals surface area (Å²) in [5.41, 5.74) is -4.33. The lowest BCUT2D eigenvalue weighted by molar-refractivity contribution is -0.269. The molecule has 0 aliphatic rings. The Labute approximate surface area is 102 Å². The molecule has 0 bridgehead atoms. The SMILES string of the molecule is CC(C)(C)OC(=O)COC(C)(C(=O)O)C(F)(F)F. The van der Waals surface area contributed by atoms with E-state index in [0.29, 0.717) is 6.92 Å². The molecule has 0 fully saturated rings. The number of aliphatic carboxylic acids is 1. The Bertz CT molecular complexity index is 331. The molecular weight excluding hydrogens is 257 g/mol. The van der Waals surface area contributed by atoms with Crippen molar-refractivity contribution in [3.63, 3.8) is 0 Å². The first-order chi connectivity index (χ1) is 7.79. The minimum absolute atomic E-state index is 0.333. The van der Waals surface area contributed by atoms with Gasteiger partial charge in [0, 0.05) is 0 Å². The van der Waals surface area contributed by atoms with Gasteiger partial charge in [-0.05, 0) is 27.7 Å². The van der Waals surface area contributed by atoms with E-state index in [-0.39, 0.29) is 0 Å². The minimum atomic E-state index is -5.14. The van der Waals surface area contributed by atoms with Crippen molar-refractivity contribution in [1.29, 1.82) is 0 Å². The Morgan fingerprint density at radius 1 is 1.11 bits per heavy atom. The lowest BCUT2D eigenvalue weighted by Crippen LogP contribution is -2.52. The molecule has 18 heavy (non-hydrogen) atoms. The van der Waals surface area contributed by atoms with Crippen molar-refractivity contribution < 1.29 is 37.3 Å². The van der Waals surface area contributed by atoms with E-state index in [0.717, 1.165) is 0 Å². The van der Waals surface area contributed by atoms with E-state index in [1.54, 1.807) is 0 Å². The lowest BCUT2D eigenvalue weighted by Gasteiger charge is -2.28. The summed E-state index contributed by atoms with van der Waals surface area (Å²) in [6.07, 6.45) is -5.14. The summed E-state index contributed by atoms with van der Waals surface area (Å²) in [6.45, 7) is 3.79. The van der Waals surface area contributed by atoms with Crippen molar-refractivity contribution >= 4 is 11.9 Å². The number of hydrogen-bond donors (Lipinski definition) is 1. The van der Waals surface area contributed by atoms with Crippen LogP contribution in [0.1, 0.15) is 27.7 Å². The minimum Gasteiger partial charge on any atom is -0.479 e. The Hall–Kier alpha value is -1.31. The molecule has 5 nitrogen and oxygen atoms in total. The van der Waals surface area contributed by atoms with Gasteiger partial charge in [-0.3, -0.25) is 0 Å². The van der Waals surface area contributed by atoms with Gasteiger partial charge in [0.1, 0.15) is 12.2 Å². The maximum Gasteiger partial charge on any atom is 0.428 e. The van der Waals surface area contributed by atoms with E-state index in [1.807, 2.05) is 0 Å². The Morgan fingerprint density at radius 2 is 1.56 bits per heavy atom. The first-order valence-corrected chi connectivity index (χ1v) is 4.95. The lowest BCUT2D eigenvalue weighted by atomic mass is 10.1. The third-order valence-electron chi connectivity index (χ3n) is 1.85. The molecule has 8 heteroatoms. The van der Waals surface area contributed by atoms with Crippen molar-refractivity contribution in [2.75, 3.05) is 6.61 Å². The normalized spacial score (nSPS) is 15.9. The van der Waals surface area contributed by atoms with Crippen molar-refractivity contribution in [3.8, 4) is 0 Å². The number of carboxylic acid groups (broad SMARTS) is 1. The van der Waals surface area contributed by atoms with Crippen LogP contribution in [0.3, 0.4) is 0 Å². The predicted octanol–water partition coefficient (Wildman–Crippen LogP) is 1.75. The molecule has 0 saturated heterocycles. The second-order valence-corrected chi connectivity index (χ2v) is 4.71. The van der Waals surface area contributed by atoms with E-state index in [1.165, 1.54) is 20.8 Å². The van der Waals surface area contributed by atoms with Crippen molar-refractivity contribution in [2.24, 2.45) is 0 Å². The molecule has 1 N–H and O–H groups in total. The van der Waals surface area contributed by atoms with Gasteiger partial charge in [0.15, 0.2) is 0 Å². The molecule has 0 aliphatic carbocycles. The highest BCUT2D eigenvalue weighted by molar-refractivity contribution is 5.79. The van der Waals surface area contributed by atoms with Gasteiger partial charge in [0.25, 0.3) is 5.60 Å². The average Bonchev–Trinajstić information content (AvgIpc) is 2.08. The van der Waals surface area contributed by atoms with Gasteiger partial charge >= 0.3 is 18.1 Å². The molecule has 106 valence electrons. The summed E-state index contributed by atoms with van der Waals surface area (Å²) in [5.74, 6) is -3.29. The predicted molar refractivity (Wildman–Crippen MR) is 53.9 cm³/mol. The summed E-state index contributed by atoms with van der Waals surface area (Å²) in [6, 6.07) is 0. The van der Waals surface area contributed by atoms with Crippen LogP contribution in [0.5, 0.6) is 0 Å². The van der Waals surface area contributed by atoms with Crippen LogP contribution in [0, 0.1) is 0 Å². The first kappa shape index (κ1) is 16.7. The smallest absolute Gasteiger partial charge is 0.428 e. The highest BCUT2D eigenvalue weighted by Gasteiger charge is 2.59. The second-order valence-electron chi connectivity index (χ2n) is 4.71. The number of carbonyl (C=O) groups is 2. The molecule has 1 unspecified atom stereocenters. The van der Waals surface area contributed by atoms with Gasteiger partial charge in [0.2, 0.25) is 0 Å². The fourth-order valence-corrected chi connectivity index (χ4v) is 0.839. The van der Waals surface area contributed by atoms with E-state index >= 15 is 0 Å². The fraction of sp³-hybridized carbons (Fsp3) is 0.800.